The number of rotatable bonds is 7. The van der Waals surface area contributed by atoms with Crippen LogP contribution in [-0.2, 0) is 9.53 Å². The van der Waals surface area contributed by atoms with E-state index in [1.54, 1.807) is 31.2 Å². The van der Waals surface area contributed by atoms with Crippen molar-refractivity contribution in [2.24, 2.45) is 0 Å². The highest BCUT2D eigenvalue weighted by atomic mass is 16.5. The van der Waals surface area contributed by atoms with Crippen molar-refractivity contribution < 1.29 is 14.3 Å². The summed E-state index contributed by atoms with van der Waals surface area (Å²) >= 11 is 0. The van der Waals surface area contributed by atoms with Gasteiger partial charge in [-0.05, 0) is 65.6 Å². The first kappa shape index (κ1) is 20.2. The van der Waals surface area contributed by atoms with Crippen LogP contribution < -0.4 is 5.32 Å². The quantitative estimate of drug-likeness (QED) is 0.618. The molecule has 0 radical (unpaired) electrons. The number of ether oxygens (including phenoxy) is 1. The summed E-state index contributed by atoms with van der Waals surface area (Å²) in [5.74, 6) is -0.645. The molecule has 8 heteroatoms. The van der Waals surface area contributed by atoms with E-state index in [1.807, 2.05) is 24.3 Å². The summed E-state index contributed by atoms with van der Waals surface area (Å²) in [5.41, 5.74) is 2.83. The zero-order valence-electron chi connectivity index (χ0n) is 16.6. The molecule has 8 nitrogen and oxygen atoms in total. The average Bonchev–Trinajstić information content (AvgIpc) is 3.28. The van der Waals surface area contributed by atoms with Crippen molar-refractivity contribution in [1.82, 2.24) is 20.2 Å². The van der Waals surface area contributed by atoms with E-state index in [4.69, 9.17) is 4.74 Å². The maximum Gasteiger partial charge on any atom is 0.338 e. The molecule has 0 aliphatic rings. The number of aromatic nitrogens is 4. The van der Waals surface area contributed by atoms with E-state index in [2.05, 4.69) is 34.7 Å². The molecule has 2 aromatic carbocycles. The van der Waals surface area contributed by atoms with E-state index in [9.17, 15) is 9.59 Å². The molecule has 0 aliphatic heterocycles. The predicted molar refractivity (Wildman–Crippen MR) is 108 cm³/mol. The molecule has 0 spiro atoms. The minimum absolute atomic E-state index is 0.308. The SMILES string of the molecule is CC[C@@H](C)c1ccccc1NC(=O)[C@H](C)OC(=O)c1ccc(-n2cnnn2)cc1. The number of benzene rings is 2. The average molecular weight is 393 g/mol. The van der Waals surface area contributed by atoms with Crippen LogP contribution in [0.4, 0.5) is 5.69 Å². The third-order valence-electron chi connectivity index (χ3n) is 4.73. The molecule has 0 unspecified atom stereocenters. The monoisotopic (exact) mass is 393 g/mol. The lowest BCUT2D eigenvalue weighted by Gasteiger charge is -2.18. The van der Waals surface area contributed by atoms with Crippen LogP contribution in [0.25, 0.3) is 5.69 Å². The van der Waals surface area contributed by atoms with Gasteiger partial charge < -0.3 is 10.1 Å². The number of anilines is 1. The highest BCUT2D eigenvalue weighted by molar-refractivity contribution is 5.97. The van der Waals surface area contributed by atoms with Gasteiger partial charge in [-0.3, -0.25) is 4.79 Å². The largest absolute Gasteiger partial charge is 0.449 e. The Labute approximate surface area is 168 Å². The summed E-state index contributed by atoms with van der Waals surface area (Å²) in [6, 6.07) is 14.2. The van der Waals surface area contributed by atoms with Gasteiger partial charge in [-0.15, -0.1) is 5.10 Å². The number of esters is 1. The van der Waals surface area contributed by atoms with Crippen LogP contribution in [0.3, 0.4) is 0 Å². The number of carbonyl (C=O) groups is 2. The number of hydrogen-bond donors (Lipinski definition) is 1. The number of hydrogen-bond acceptors (Lipinski definition) is 6. The standard InChI is InChI=1S/C21H23N5O3/c1-4-14(2)18-7-5-6-8-19(18)23-20(27)15(3)29-21(28)16-9-11-17(12-10-16)26-13-22-24-25-26/h5-15H,4H2,1-3H3,(H,23,27)/t14-,15+/m1/s1. The van der Waals surface area contributed by atoms with Crippen LogP contribution in [0, 0.1) is 0 Å². The summed E-state index contributed by atoms with van der Waals surface area (Å²) in [5, 5.41) is 13.8. The Morgan fingerprint density at radius 3 is 2.48 bits per heavy atom. The summed E-state index contributed by atoms with van der Waals surface area (Å²) in [7, 11) is 0. The van der Waals surface area contributed by atoms with Gasteiger partial charge in [0.2, 0.25) is 0 Å². The van der Waals surface area contributed by atoms with Gasteiger partial charge in [0, 0.05) is 5.69 Å². The molecule has 29 heavy (non-hydrogen) atoms. The van der Waals surface area contributed by atoms with E-state index in [0.717, 1.165) is 17.7 Å². The van der Waals surface area contributed by atoms with Crippen molar-refractivity contribution >= 4 is 17.6 Å². The molecule has 1 amide bonds. The fourth-order valence-corrected chi connectivity index (χ4v) is 2.81. The van der Waals surface area contributed by atoms with Crippen LogP contribution in [-0.4, -0.2) is 38.2 Å². The zero-order valence-corrected chi connectivity index (χ0v) is 16.6. The van der Waals surface area contributed by atoms with E-state index in [0.29, 0.717) is 17.2 Å². The van der Waals surface area contributed by atoms with E-state index in [-0.39, 0.29) is 5.91 Å². The second-order valence-electron chi connectivity index (χ2n) is 6.73. The minimum Gasteiger partial charge on any atom is -0.449 e. The van der Waals surface area contributed by atoms with Gasteiger partial charge in [-0.25, -0.2) is 9.48 Å². The molecule has 3 aromatic rings. The van der Waals surface area contributed by atoms with Crippen molar-refractivity contribution in [3.8, 4) is 5.69 Å². The molecule has 0 fully saturated rings. The second kappa shape index (κ2) is 9.09. The molecule has 150 valence electrons. The van der Waals surface area contributed by atoms with Crippen molar-refractivity contribution in [1.29, 1.82) is 0 Å². The highest BCUT2D eigenvalue weighted by Crippen LogP contribution is 2.26. The molecule has 0 saturated heterocycles. The lowest BCUT2D eigenvalue weighted by molar-refractivity contribution is -0.123. The van der Waals surface area contributed by atoms with Crippen LogP contribution in [0.15, 0.2) is 54.9 Å². The maximum atomic E-state index is 12.5. The van der Waals surface area contributed by atoms with Crippen LogP contribution in [0.2, 0.25) is 0 Å². The summed E-state index contributed by atoms with van der Waals surface area (Å²) in [4.78, 5) is 24.9. The van der Waals surface area contributed by atoms with Crippen molar-refractivity contribution in [2.75, 3.05) is 5.32 Å². The maximum absolute atomic E-state index is 12.5. The first-order valence-electron chi connectivity index (χ1n) is 9.43. The normalized spacial score (nSPS) is 12.8. The molecular weight excluding hydrogens is 370 g/mol. The number of carbonyl (C=O) groups excluding carboxylic acids is 2. The second-order valence-corrected chi connectivity index (χ2v) is 6.73. The topological polar surface area (TPSA) is 99.0 Å². The van der Waals surface area contributed by atoms with Crippen molar-refractivity contribution in [2.45, 2.75) is 39.2 Å². The number of nitrogens with zero attached hydrogens (tertiary/aromatic N) is 4. The van der Waals surface area contributed by atoms with Crippen molar-refractivity contribution in [3.05, 3.63) is 66.0 Å². The molecule has 3 rings (SSSR count). The Hall–Kier alpha value is -3.55. The lowest BCUT2D eigenvalue weighted by Crippen LogP contribution is -2.30. The fraction of sp³-hybridized carbons (Fsp3) is 0.286. The first-order chi connectivity index (χ1) is 14.0. The van der Waals surface area contributed by atoms with Gasteiger partial charge in [-0.1, -0.05) is 32.0 Å². The first-order valence-corrected chi connectivity index (χ1v) is 9.43. The Morgan fingerprint density at radius 2 is 1.83 bits per heavy atom. The van der Waals surface area contributed by atoms with E-state index < -0.39 is 12.1 Å². The van der Waals surface area contributed by atoms with Gasteiger partial charge in [0.1, 0.15) is 6.33 Å². The minimum atomic E-state index is -0.938. The number of amides is 1. The summed E-state index contributed by atoms with van der Waals surface area (Å²) in [6.45, 7) is 5.75. The third-order valence-corrected chi connectivity index (χ3v) is 4.73. The van der Waals surface area contributed by atoms with Crippen LogP contribution in [0.5, 0.6) is 0 Å². The van der Waals surface area contributed by atoms with Gasteiger partial charge in [0.15, 0.2) is 6.10 Å². The molecule has 0 bridgehead atoms. The van der Waals surface area contributed by atoms with Gasteiger partial charge in [0.05, 0.1) is 11.3 Å². The smallest absolute Gasteiger partial charge is 0.338 e. The Morgan fingerprint density at radius 1 is 1.10 bits per heavy atom. The predicted octanol–water partition coefficient (Wildman–Crippen LogP) is 3.36. The Kier molecular flexibility index (Phi) is 6.33. The molecule has 1 aromatic heterocycles. The van der Waals surface area contributed by atoms with E-state index >= 15 is 0 Å². The molecule has 1 heterocycles. The van der Waals surface area contributed by atoms with E-state index in [1.165, 1.54) is 11.0 Å². The Balaban J connectivity index is 1.63. The van der Waals surface area contributed by atoms with Gasteiger partial charge in [-0.2, -0.15) is 0 Å². The van der Waals surface area contributed by atoms with Crippen LogP contribution >= 0.6 is 0 Å². The lowest BCUT2D eigenvalue weighted by atomic mass is 9.97. The number of tetrazole rings is 1. The zero-order chi connectivity index (χ0) is 20.8. The Bertz CT molecular complexity index is 970. The summed E-state index contributed by atoms with van der Waals surface area (Å²) in [6.07, 6.45) is 1.47. The van der Waals surface area contributed by atoms with Gasteiger partial charge in [0.25, 0.3) is 5.91 Å². The number of nitrogens with one attached hydrogen (secondary N) is 1. The van der Waals surface area contributed by atoms with Crippen LogP contribution in [0.1, 0.15) is 49.0 Å². The van der Waals surface area contributed by atoms with Gasteiger partial charge >= 0.3 is 5.97 Å². The molecular formula is C21H23N5O3. The number of para-hydroxylation sites is 1. The molecule has 2 atom stereocenters. The molecule has 0 saturated carbocycles. The van der Waals surface area contributed by atoms with Crippen molar-refractivity contribution in [3.63, 3.8) is 0 Å². The third kappa shape index (κ3) is 4.84. The molecule has 1 N–H and O–H groups in total. The highest BCUT2D eigenvalue weighted by Gasteiger charge is 2.20. The molecule has 0 aliphatic carbocycles. The summed E-state index contributed by atoms with van der Waals surface area (Å²) < 4.78 is 6.80. The fourth-order valence-electron chi connectivity index (χ4n) is 2.81.